The first-order chi connectivity index (χ1) is 19.5. The molecular weight excluding hydrogens is 551 g/mol. The zero-order valence-electron chi connectivity index (χ0n) is 21.8. The van der Waals surface area contributed by atoms with Gasteiger partial charge in [0.2, 0.25) is 6.41 Å². The van der Waals surface area contributed by atoms with Crippen LogP contribution in [0.15, 0.2) is 78.3 Å². The standard InChI is InChI=1S/C23H21ClN4O2S.C7H7FO/c24-16-3-6-20-19(13-16)18-7-8-28(14-29)22(21(18)26-20)15-1-4-17(5-2-15)30-11-9-27-10-12-31-23(27)25;1-9-7-4-2-6(8)3-5-7/h1-6,10,12-14,22,25-26H,7-9,11H2;2-5H,1H3. The third kappa shape index (κ3) is 6.05. The molecule has 1 amide bonds. The first kappa shape index (κ1) is 27.5. The largest absolute Gasteiger partial charge is 0.497 e. The Morgan fingerprint density at radius 2 is 1.88 bits per heavy atom. The lowest BCUT2D eigenvalue weighted by Gasteiger charge is -2.33. The van der Waals surface area contributed by atoms with Crippen molar-refractivity contribution in [3.63, 3.8) is 0 Å². The van der Waals surface area contributed by atoms with E-state index in [0.29, 0.717) is 35.3 Å². The minimum absolute atomic E-state index is 0.172. The Labute approximate surface area is 239 Å². The van der Waals surface area contributed by atoms with Crippen molar-refractivity contribution in [3.8, 4) is 11.5 Å². The molecule has 1 aliphatic heterocycles. The number of benzene rings is 3. The van der Waals surface area contributed by atoms with Crippen LogP contribution in [0.3, 0.4) is 0 Å². The zero-order chi connectivity index (χ0) is 28.1. The van der Waals surface area contributed by atoms with E-state index in [0.717, 1.165) is 40.7 Å². The Kier molecular flexibility index (Phi) is 8.52. The van der Waals surface area contributed by atoms with E-state index in [1.54, 1.807) is 19.2 Å². The number of thiazole rings is 1. The van der Waals surface area contributed by atoms with Crippen LogP contribution in [0.2, 0.25) is 5.02 Å². The molecule has 5 aromatic rings. The van der Waals surface area contributed by atoms with Crippen molar-refractivity contribution in [3.05, 3.63) is 111 Å². The summed E-state index contributed by atoms with van der Waals surface area (Å²) in [5, 5.41) is 11.5. The molecule has 0 spiro atoms. The SMILES string of the molecule is COc1ccc(F)cc1.N=c1sccn1CCOc1ccc(C2c3[nH]c4ccc(Cl)cc4c3CCN2C=O)cc1. The number of ether oxygens (including phenoxy) is 2. The van der Waals surface area contributed by atoms with Crippen LogP contribution in [0.5, 0.6) is 11.5 Å². The van der Waals surface area contributed by atoms with Gasteiger partial charge in [-0.15, -0.1) is 11.3 Å². The van der Waals surface area contributed by atoms with Crippen LogP contribution in [0.4, 0.5) is 4.39 Å². The molecule has 0 bridgehead atoms. The number of methoxy groups -OCH3 is 1. The predicted molar refractivity (Wildman–Crippen MR) is 155 cm³/mol. The maximum atomic E-state index is 12.2. The van der Waals surface area contributed by atoms with Crippen molar-refractivity contribution < 1.29 is 18.7 Å². The normalized spacial score (nSPS) is 14.3. The van der Waals surface area contributed by atoms with Crippen LogP contribution in [0.25, 0.3) is 10.9 Å². The number of hydrogen-bond acceptors (Lipinski definition) is 5. The van der Waals surface area contributed by atoms with E-state index in [4.69, 9.17) is 26.5 Å². The Morgan fingerprint density at radius 1 is 1.12 bits per heavy atom. The highest BCUT2D eigenvalue weighted by Gasteiger charge is 2.31. The lowest BCUT2D eigenvalue weighted by molar-refractivity contribution is -0.120. The molecule has 0 saturated heterocycles. The predicted octanol–water partition coefficient (Wildman–Crippen LogP) is 6.18. The second kappa shape index (κ2) is 12.4. The van der Waals surface area contributed by atoms with Crippen molar-refractivity contribution in [2.45, 2.75) is 19.0 Å². The molecule has 2 aromatic heterocycles. The number of carbonyl (C=O) groups excluding carboxylic acids is 1. The highest BCUT2D eigenvalue weighted by molar-refractivity contribution is 7.06. The van der Waals surface area contributed by atoms with Crippen molar-refractivity contribution in [1.29, 1.82) is 5.41 Å². The molecule has 2 N–H and O–H groups in total. The molecule has 7 nitrogen and oxygen atoms in total. The summed E-state index contributed by atoms with van der Waals surface area (Å²) in [6.07, 6.45) is 3.61. The number of amides is 1. The number of carbonyl (C=O) groups is 1. The second-order valence-electron chi connectivity index (χ2n) is 9.18. The molecule has 3 heterocycles. The molecule has 0 aliphatic carbocycles. The molecular formula is C30H28ClFN4O3S. The van der Waals surface area contributed by atoms with E-state index in [-0.39, 0.29) is 11.9 Å². The number of nitrogens with zero attached hydrogens (tertiary/aromatic N) is 2. The van der Waals surface area contributed by atoms with Gasteiger partial charge in [0.15, 0.2) is 4.80 Å². The van der Waals surface area contributed by atoms with Crippen molar-refractivity contribution >= 4 is 40.3 Å². The molecule has 0 saturated carbocycles. The maximum absolute atomic E-state index is 12.2. The lowest BCUT2D eigenvalue weighted by atomic mass is 9.93. The monoisotopic (exact) mass is 578 g/mol. The highest BCUT2D eigenvalue weighted by atomic mass is 35.5. The molecule has 1 atom stereocenters. The topological polar surface area (TPSA) is 83.3 Å². The van der Waals surface area contributed by atoms with E-state index >= 15 is 0 Å². The summed E-state index contributed by atoms with van der Waals surface area (Å²) in [6, 6.07) is 19.5. The number of aromatic nitrogens is 2. The average molecular weight is 579 g/mol. The minimum atomic E-state index is -0.240. The van der Waals surface area contributed by atoms with Gasteiger partial charge in [-0.2, -0.15) is 0 Å². The van der Waals surface area contributed by atoms with E-state index in [2.05, 4.69) is 4.98 Å². The van der Waals surface area contributed by atoms with Gasteiger partial charge in [-0.1, -0.05) is 23.7 Å². The van der Waals surface area contributed by atoms with Crippen LogP contribution in [-0.2, 0) is 17.8 Å². The molecule has 1 aliphatic rings. The van der Waals surface area contributed by atoms with Crippen LogP contribution in [-0.4, -0.2) is 41.1 Å². The summed E-state index contributed by atoms with van der Waals surface area (Å²) in [4.78, 5) is 17.7. The molecule has 6 rings (SSSR count). The smallest absolute Gasteiger partial charge is 0.210 e. The third-order valence-electron chi connectivity index (χ3n) is 6.79. The average Bonchev–Trinajstić information content (AvgIpc) is 3.56. The molecule has 3 aromatic carbocycles. The first-order valence-corrected chi connectivity index (χ1v) is 13.9. The summed E-state index contributed by atoms with van der Waals surface area (Å²) in [5.74, 6) is 1.20. The fourth-order valence-corrected chi connectivity index (χ4v) is 5.61. The second-order valence-corrected chi connectivity index (χ2v) is 10.5. The molecule has 206 valence electrons. The van der Waals surface area contributed by atoms with Gasteiger partial charge >= 0.3 is 0 Å². The minimum Gasteiger partial charge on any atom is -0.497 e. The number of nitrogens with one attached hydrogen (secondary N) is 2. The van der Waals surface area contributed by atoms with E-state index < -0.39 is 0 Å². The maximum Gasteiger partial charge on any atom is 0.210 e. The van der Waals surface area contributed by atoms with Gasteiger partial charge in [-0.05, 0) is 72.1 Å². The highest BCUT2D eigenvalue weighted by Crippen LogP contribution is 2.38. The van der Waals surface area contributed by atoms with Crippen molar-refractivity contribution in [1.82, 2.24) is 14.5 Å². The molecule has 0 radical (unpaired) electrons. The lowest BCUT2D eigenvalue weighted by Crippen LogP contribution is -2.34. The Bertz CT molecular complexity index is 1650. The summed E-state index contributed by atoms with van der Waals surface area (Å²) in [6.45, 7) is 1.78. The molecule has 40 heavy (non-hydrogen) atoms. The Hall–Kier alpha value is -4.08. The number of H-pyrrole nitrogens is 1. The fourth-order valence-electron chi connectivity index (χ4n) is 4.81. The van der Waals surface area contributed by atoms with Crippen LogP contribution >= 0.6 is 22.9 Å². The Morgan fingerprint density at radius 3 is 2.55 bits per heavy atom. The Balaban J connectivity index is 0.000000306. The van der Waals surface area contributed by atoms with Crippen LogP contribution in [0, 0.1) is 11.2 Å². The third-order valence-corrected chi connectivity index (χ3v) is 7.74. The number of halogens is 2. The van der Waals surface area contributed by atoms with E-state index in [1.165, 1.54) is 29.0 Å². The van der Waals surface area contributed by atoms with Gasteiger partial charge in [0.1, 0.15) is 23.9 Å². The van der Waals surface area contributed by atoms with Gasteiger partial charge in [0.25, 0.3) is 0 Å². The summed E-state index contributed by atoms with van der Waals surface area (Å²) in [7, 11) is 1.55. The number of aromatic amines is 1. The van der Waals surface area contributed by atoms with Crippen molar-refractivity contribution in [2.75, 3.05) is 20.3 Å². The molecule has 1 unspecified atom stereocenters. The number of hydrogen-bond donors (Lipinski definition) is 2. The first-order valence-electron chi connectivity index (χ1n) is 12.7. The molecule has 0 fully saturated rings. The van der Waals surface area contributed by atoms with Crippen molar-refractivity contribution in [2.24, 2.45) is 0 Å². The van der Waals surface area contributed by atoms with Crippen LogP contribution < -0.4 is 14.3 Å². The van der Waals surface area contributed by atoms with Gasteiger partial charge < -0.3 is 23.9 Å². The van der Waals surface area contributed by atoms with E-state index in [9.17, 15) is 9.18 Å². The fraction of sp³-hybridized carbons (Fsp3) is 0.200. The van der Waals surface area contributed by atoms with Gasteiger partial charge in [-0.25, -0.2) is 4.39 Å². The number of rotatable bonds is 7. The van der Waals surface area contributed by atoms with Gasteiger partial charge in [0.05, 0.1) is 19.7 Å². The van der Waals surface area contributed by atoms with E-state index in [1.807, 2.05) is 63.5 Å². The quantitative estimate of drug-likeness (QED) is 0.226. The van der Waals surface area contributed by atoms with Gasteiger partial charge in [-0.3, -0.25) is 10.2 Å². The molecule has 10 heteroatoms. The van der Waals surface area contributed by atoms with Crippen LogP contribution in [0.1, 0.15) is 22.9 Å². The summed E-state index contributed by atoms with van der Waals surface area (Å²) < 4.78 is 24.7. The van der Waals surface area contributed by atoms with Gasteiger partial charge in [0, 0.05) is 39.7 Å². The number of fused-ring (bicyclic) bond motifs is 3. The zero-order valence-corrected chi connectivity index (χ0v) is 23.3. The summed E-state index contributed by atoms with van der Waals surface area (Å²) >= 11 is 7.62. The summed E-state index contributed by atoms with van der Waals surface area (Å²) in [5.41, 5.74) is 4.33.